The van der Waals surface area contributed by atoms with Crippen molar-refractivity contribution in [3.8, 4) is 0 Å². The maximum absolute atomic E-state index is 13.0. The predicted octanol–water partition coefficient (Wildman–Crippen LogP) is 3.21. The van der Waals surface area contributed by atoms with Gasteiger partial charge in [0.25, 0.3) is 0 Å². The third-order valence-corrected chi connectivity index (χ3v) is 7.02. The standard InChI is InChI=1S/C20H32N2O4S/c1-15-13-16(7-8-17(15)18(23)24)27(25,26)22-11-9-21(10-12-22)20(5,6)14-19(2,3)4/h7-8,13H,9-12,14H2,1-6H3,(H,23,24). The number of aromatic carboxylic acids is 1. The van der Waals surface area contributed by atoms with Crippen molar-refractivity contribution in [2.45, 2.75) is 58.4 Å². The lowest BCUT2D eigenvalue weighted by atomic mass is 9.80. The van der Waals surface area contributed by atoms with Gasteiger partial charge in [-0.25, -0.2) is 13.2 Å². The molecule has 1 N–H and O–H groups in total. The van der Waals surface area contributed by atoms with Crippen molar-refractivity contribution in [1.82, 2.24) is 9.21 Å². The number of sulfonamides is 1. The molecule has 2 rings (SSSR count). The fourth-order valence-corrected chi connectivity index (χ4v) is 5.64. The summed E-state index contributed by atoms with van der Waals surface area (Å²) in [6.45, 7) is 15.0. The topological polar surface area (TPSA) is 77.9 Å². The molecule has 0 unspecified atom stereocenters. The fraction of sp³-hybridized carbons (Fsp3) is 0.650. The van der Waals surface area contributed by atoms with Crippen molar-refractivity contribution in [3.05, 3.63) is 29.3 Å². The van der Waals surface area contributed by atoms with Crippen LogP contribution in [-0.4, -0.2) is 60.4 Å². The minimum Gasteiger partial charge on any atom is -0.478 e. The van der Waals surface area contributed by atoms with E-state index < -0.39 is 16.0 Å². The van der Waals surface area contributed by atoms with Gasteiger partial charge in [0.2, 0.25) is 10.0 Å². The van der Waals surface area contributed by atoms with E-state index in [-0.39, 0.29) is 21.4 Å². The highest BCUT2D eigenvalue weighted by molar-refractivity contribution is 7.89. The van der Waals surface area contributed by atoms with Crippen LogP contribution < -0.4 is 0 Å². The van der Waals surface area contributed by atoms with E-state index in [1.54, 1.807) is 6.92 Å². The second-order valence-electron chi connectivity index (χ2n) is 9.22. The van der Waals surface area contributed by atoms with Gasteiger partial charge >= 0.3 is 5.97 Å². The SMILES string of the molecule is Cc1cc(S(=O)(=O)N2CCN(C(C)(C)CC(C)(C)C)CC2)ccc1C(=O)O. The molecule has 1 saturated heterocycles. The number of aryl methyl sites for hydroxylation is 1. The summed E-state index contributed by atoms with van der Waals surface area (Å²) >= 11 is 0. The number of piperazine rings is 1. The number of carboxylic acids is 1. The van der Waals surface area contributed by atoms with Crippen LogP contribution in [0.3, 0.4) is 0 Å². The van der Waals surface area contributed by atoms with Crippen LogP contribution >= 0.6 is 0 Å². The van der Waals surface area contributed by atoms with Crippen molar-refractivity contribution in [2.75, 3.05) is 26.2 Å². The van der Waals surface area contributed by atoms with Crippen molar-refractivity contribution in [3.63, 3.8) is 0 Å². The average Bonchev–Trinajstić information content (AvgIpc) is 2.52. The Morgan fingerprint density at radius 1 is 1.07 bits per heavy atom. The molecule has 0 atom stereocenters. The third kappa shape index (κ3) is 5.09. The van der Waals surface area contributed by atoms with E-state index in [4.69, 9.17) is 5.11 Å². The van der Waals surface area contributed by atoms with Gasteiger partial charge in [0, 0.05) is 31.7 Å². The quantitative estimate of drug-likeness (QED) is 0.827. The van der Waals surface area contributed by atoms with Gasteiger partial charge in [-0.1, -0.05) is 20.8 Å². The van der Waals surface area contributed by atoms with Crippen molar-refractivity contribution >= 4 is 16.0 Å². The predicted molar refractivity (Wildman–Crippen MR) is 107 cm³/mol. The fourth-order valence-electron chi connectivity index (χ4n) is 4.13. The van der Waals surface area contributed by atoms with E-state index in [9.17, 15) is 13.2 Å². The zero-order chi connectivity index (χ0) is 20.6. The molecule has 27 heavy (non-hydrogen) atoms. The summed E-state index contributed by atoms with van der Waals surface area (Å²) in [5.41, 5.74) is 0.792. The van der Waals surface area contributed by atoms with Crippen LogP contribution in [0.15, 0.2) is 23.1 Å². The van der Waals surface area contributed by atoms with Crippen molar-refractivity contribution < 1.29 is 18.3 Å². The molecule has 1 aromatic rings. The number of carbonyl (C=O) groups is 1. The van der Waals surface area contributed by atoms with Crippen LogP contribution in [0.5, 0.6) is 0 Å². The molecule has 1 aliphatic heterocycles. The van der Waals surface area contributed by atoms with Crippen LogP contribution in [0.2, 0.25) is 0 Å². The molecule has 0 bridgehead atoms. The van der Waals surface area contributed by atoms with E-state index in [1.807, 2.05) is 0 Å². The van der Waals surface area contributed by atoms with Gasteiger partial charge in [0.1, 0.15) is 0 Å². The third-order valence-electron chi connectivity index (χ3n) is 5.12. The minimum atomic E-state index is -3.62. The summed E-state index contributed by atoms with van der Waals surface area (Å²) in [4.78, 5) is 13.7. The molecule has 0 saturated carbocycles. The molecule has 1 heterocycles. The Bertz CT molecular complexity index is 802. The lowest BCUT2D eigenvalue weighted by Gasteiger charge is -2.46. The van der Waals surface area contributed by atoms with Gasteiger partial charge in [-0.3, -0.25) is 4.90 Å². The molecule has 0 radical (unpaired) electrons. The van der Waals surface area contributed by atoms with Gasteiger partial charge in [-0.15, -0.1) is 0 Å². The van der Waals surface area contributed by atoms with Crippen LogP contribution in [-0.2, 0) is 10.0 Å². The van der Waals surface area contributed by atoms with Gasteiger partial charge in [0.15, 0.2) is 0 Å². The van der Waals surface area contributed by atoms with E-state index >= 15 is 0 Å². The molecule has 0 amide bonds. The Morgan fingerprint density at radius 3 is 2.07 bits per heavy atom. The maximum Gasteiger partial charge on any atom is 0.335 e. The van der Waals surface area contributed by atoms with Gasteiger partial charge in [-0.05, 0) is 56.4 Å². The summed E-state index contributed by atoms with van der Waals surface area (Å²) in [5, 5.41) is 9.13. The number of rotatable bonds is 5. The van der Waals surface area contributed by atoms with Gasteiger partial charge in [0.05, 0.1) is 10.5 Å². The molecule has 0 aliphatic carbocycles. The zero-order valence-corrected chi connectivity index (χ0v) is 18.1. The number of carboxylic acid groups (broad SMARTS) is 1. The van der Waals surface area contributed by atoms with E-state index in [0.29, 0.717) is 31.7 Å². The highest BCUT2D eigenvalue weighted by Crippen LogP contribution is 2.32. The minimum absolute atomic E-state index is 0.00776. The smallest absolute Gasteiger partial charge is 0.335 e. The second kappa shape index (κ2) is 7.53. The van der Waals surface area contributed by atoms with Crippen LogP contribution in [0.1, 0.15) is 57.0 Å². The lowest BCUT2D eigenvalue weighted by Crippen LogP contribution is -2.56. The normalized spacial score (nSPS) is 17.9. The molecular weight excluding hydrogens is 364 g/mol. The molecule has 1 aliphatic rings. The average molecular weight is 397 g/mol. The Hall–Kier alpha value is -1.44. The first-order chi connectivity index (χ1) is 12.2. The first-order valence-corrected chi connectivity index (χ1v) is 10.8. The first-order valence-electron chi connectivity index (χ1n) is 9.33. The van der Waals surface area contributed by atoms with E-state index in [0.717, 1.165) is 6.42 Å². The summed E-state index contributed by atoms with van der Waals surface area (Å²) in [7, 11) is -3.62. The lowest BCUT2D eigenvalue weighted by molar-refractivity contribution is 0.0482. The number of hydrogen-bond acceptors (Lipinski definition) is 4. The first kappa shape index (κ1) is 21.9. The molecule has 7 heteroatoms. The summed E-state index contributed by atoms with van der Waals surface area (Å²) < 4.78 is 27.4. The van der Waals surface area contributed by atoms with Gasteiger partial charge < -0.3 is 5.11 Å². The molecule has 1 aromatic carbocycles. The summed E-state index contributed by atoms with van der Waals surface area (Å²) in [6, 6.07) is 4.21. The van der Waals surface area contributed by atoms with E-state index in [2.05, 4.69) is 39.5 Å². The number of hydrogen-bond donors (Lipinski definition) is 1. The number of benzene rings is 1. The van der Waals surface area contributed by atoms with E-state index in [1.165, 1.54) is 22.5 Å². The van der Waals surface area contributed by atoms with Crippen LogP contribution in [0.4, 0.5) is 0 Å². The molecule has 6 nitrogen and oxygen atoms in total. The largest absolute Gasteiger partial charge is 0.478 e. The second-order valence-corrected chi connectivity index (χ2v) is 11.2. The zero-order valence-electron chi connectivity index (χ0n) is 17.2. The van der Waals surface area contributed by atoms with Crippen molar-refractivity contribution in [1.29, 1.82) is 0 Å². The monoisotopic (exact) mass is 396 g/mol. The Balaban J connectivity index is 2.13. The maximum atomic E-state index is 13.0. The Kier molecular flexibility index (Phi) is 6.09. The highest BCUT2D eigenvalue weighted by Gasteiger charge is 2.36. The molecular formula is C20H32N2O4S. The number of nitrogens with zero attached hydrogens (tertiary/aromatic N) is 2. The Morgan fingerprint density at radius 2 is 1.63 bits per heavy atom. The van der Waals surface area contributed by atoms with Gasteiger partial charge in [-0.2, -0.15) is 4.31 Å². The van der Waals surface area contributed by atoms with Crippen LogP contribution in [0, 0.1) is 12.3 Å². The Labute approximate surface area is 163 Å². The molecule has 1 fully saturated rings. The molecule has 0 spiro atoms. The van der Waals surface area contributed by atoms with Crippen molar-refractivity contribution in [2.24, 2.45) is 5.41 Å². The molecule has 0 aromatic heterocycles. The summed E-state index contributed by atoms with van der Waals surface area (Å²) in [6.07, 6.45) is 1.03. The molecule has 152 valence electrons. The van der Waals surface area contributed by atoms with Crippen LogP contribution in [0.25, 0.3) is 0 Å². The highest BCUT2D eigenvalue weighted by atomic mass is 32.2. The summed E-state index contributed by atoms with van der Waals surface area (Å²) in [5.74, 6) is -1.05.